The molecule has 4 heterocycles. The van der Waals surface area contributed by atoms with Crippen molar-refractivity contribution in [3.8, 4) is 0 Å². The Balaban J connectivity index is 0.000000318. The van der Waals surface area contributed by atoms with E-state index in [4.69, 9.17) is 9.90 Å². The molecule has 0 bridgehead atoms. The summed E-state index contributed by atoms with van der Waals surface area (Å²) in [7, 11) is 0. The van der Waals surface area contributed by atoms with Crippen molar-refractivity contribution in [2.75, 3.05) is 11.4 Å². The number of carbonyl (C=O) groups is 2. The molecule has 2 atom stereocenters. The minimum absolute atomic E-state index is 0.185. The fraction of sp³-hybridized carbons (Fsp3) is 0.500. The quantitative estimate of drug-likeness (QED) is 0.778. The SMILES string of the molecule is Cc1cnc(N2CC[C@@H]3[C@@H]2CC(=O)N3Cc2csc(C)n2)nc1.O=C(O)C(F)(F)F. The number of carboxylic acid groups (broad SMARTS) is 1. The van der Waals surface area contributed by atoms with E-state index >= 15 is 0 Å². The lowest BCUT2D eigenvalue weighted by atomic mass is 10.1. The number of aromatic nitrogens is 3. The zero-order valence-corrected chi connectivity index (χ0v) is 17.1. The van der Waals surface area contributed by atoms with E-state index in [1.54, 1.807) is 11.3 Å². The maximum atomic E-state index is 12.5. The Kier molecular flexibility index (Phi) is 6.25. The number of thiazole rings is 1. The van der Waals surface area contributed by atoms with Crippen LogP contribution in [0.1, 0.15) is 29.1 Å². The van der Waals surface area contributed by atoms with Gasteiger partial charge in [-0.1, -0.05) is 0 Å². The van der Waals surface area contributed by atoms with Gasteiger partial charge in [0.05, 0.1) is 29.3 Å². The topological polar surface area (TPSA) is 99.5 Å². The summed E-state index contributed by atoms with van der Waals surface area (Å²) < 4.78 is 31.7. The van der Waals surface area contributed by atoms with Crippen LogP contribution in [0.2, 0.25) is 0 Å². The van der Waals surface area contributed by atoms with Crippen LogP contribution < -0.4 is 4.90 Å². The first-order chi connectivity index (χ1) is 14.1. The van der Waals surface area contributed by atoms with Crippen LogP contribution in [0.3, 0.4) is 0 Å². The Morgan fingerprint density at radius 2 is 1.90 bits per heavy atom. The van der Waals surface area contributed by atoms with Crippen molar-refractivity contribution in [3.05, 3.63) is 34.0 Å². The van der Waals surface area contributed by atoms with Crippen molar-refractivity contribution in [3.63, 3.8) is 0 Å². The average molecular weight is 443 g/mol. The molecule has 162 valence electrons. The summed E-state index contributed by atoms with van der Waals surface area (Å²) in [6.07, 6.45) is 0.103. The molecule has 2 saturated heterocycles. The van der Waals surface area contributed by atoms with Gasteiger partial charge < -0.3 is 14.9 Å². The monoisotopic (exact) mass is 443 g/mol. The number of anilines is 1. The Hall–Kier alpha value is -2.76. The molecule has 0 aliphatic carbocycles. The first kappa shape index (κ1) is 21.9. The molecule has 2 aliphatic rings. The zero-order valence-electron chi connectivity index (χ0n) is 16.3. The van der Waals surface area contributed by atoms with Gasteiger partial charge in [-0.25, -0.2) is 19.7 Å². The van der Waals surface area contributed by atoms with E-state index in [1.165, 1.54) is 0 Å². The van der Waals surface area contributed by atoms with Gasteiger partial charge in [-0.3, -0.25) is 4.79 Å². The highest BCUT2D eigenvalue weighted by Crippen LogP contribution is 2.35. The van der Waals surface area contributed by atoms with Crippen LogP contribution in [0.5, 0.6) is 0 Å². The van der Waals surface area contributed by atoms with E-state index in [9.17, 15) is 18.0 Å². The number of nitrogens with zero attached hydrogens (tertiary/aromatic N) is 5. The minimum atomic E-state index is -5.08. The van der Waals surface area contributed by atoms with Crippen LogP contribution in [-0.4, -0.2) is 61.6 Å². The number of amides is 1. The Labute approximate surface area is 174 Å². The molecule has 1 amide bonds. The fourth-order valence-electron chi connectivity index (χ4n) is 3.57. The first-order valence-electron chi connectivity index (χ1n) is 9.12. The molecule has 30 heavy (non-hydrogen) atoms. The lowest BCUT2D eigenvalue weighted by Gasteiger charge is -2.25. The van der Waals surface area contributed by atoms with E-state index in [0.29, 0.717) is 13.0 Å². The fourth-order valence-corrected chi connectivity index (χ4v) is 4.18. The molecule has 0 spiro atoms. The number of rotatable bonds is 3. The van der Waals surface area contributed by atoms with Crippen molar-refractivity contribution in [1.29, 1.82) is 0 Å². The standard InChI is InChI=1S/C16H19N5OS.C2HF3O2/c1-10-6-17-16(18-7-10)20-4-3-13-14(20)5-15(22)21(13)8-12-9-23-11(2)19-12;3-2(4,5)1(6)7/h6-7,9,13-14H,3-5,8H2,1-2H3;(H,6,7)/t13-,14+;/m1./s1. The van der Waals surface area contributed by atoms with Gasteiger partial charge in [0.2, 0.25) is 11.9 Å². The van der Waals surface area contributed by atoms with E-state index < -0.39 is 12.1 Å². The second kappa shape index (κ2) is 8.54. The molecule has 2 aromatic heterocycles. The average Bonchev–Trinajstić information content (AvgIpc) is 3.33. The van der Waals surface area contributed by atoms with E-state index in [2.05, 4.69) is 19.9 Å². The number of halogens is 3. The predicted octanol–water partition coefficient (Wildman–Crippen LogP) is 2.56. The lowest BCUT2D eigenvalue weighted by molar-refractivity contribution is -0.192. The Bertz CT molecular complexity index is 919. The molecule has 12 heteroatoms. The Morgan fingerprint density at radius 1 is 1.27 bits per heavy atom. The van der Waals surface area contributed by atoms with Crippen LogP contribution >= 0.6 is 11.3 Å². The number of aryl methyl sites for hydroxylation is 2. The number of hydrogen-bond acceptors (Lipinski definition) is 7. The third kappa shape index (κ3) is 4.86. The van der Waals surface area contributed by atoms with Gasteiger partial charge >= 0.3 is 12.1 Å². The normalized spacial score (nSPS) is 20.8. The third-order valence-corrected chi connectivity index (χ3v) is 5.70. The molecule has 0 aromatic carbocycles. The maximum Gasteiger partial charge on any atom is 0.490 e. The summed E-state index contributed by atoms with van der Waals surface area (Å²) in [5, 5.41) is 10.2. The molecular weight excluding hydrogens is 423 g/mol. The highest BCUT2D eigenvalue weighted by molar-refractivity contribution is 7.09. The molecule has 8 nitrogen and oxygen atoms in total. The van der Waals surface area contributed by atoms with Gasteiger partial charge in [-0.15, -0.1) is 11.3 Å². The molecule has 1 N–H and O–H groups in total. The summed E-state index contributed by atoms with van der Waals surface area (Å²) in [4.78, 5) is 38.9. The lowest BCUT2D eigenvalue weighted by Crippen LogP contribution is -2.37. The molecule has 2 aromatic rings. The minimum Gasteiger partial charge on any atom is -0.475 e. The van der Waals surface area contributed by atoms with Crippen molar-refractivity contribution >= 4 is 29.2 Å². The van der Waals surface area contributed by atoms with Gasteiger partial charge in [0, 0.05) is 30.7 Å². The van der Waals surface area contributed by atoms with Crippen LogP contribution in [0.15, 0.2) is 17.8 Å². The van der Waals surface area contributed by atoms with Crippen molar-refractivity contribution in [2.24, 2.45) is 0 Å². The number of hydrogen-bond donors (Lipinski definition) is 1. The number of likely N-dealkylation sites (tertiary alicyclic amines) is 1. The van der Waals surface area contributed by atoms with Crippen LogP contribution in [0.4, 0.5) is 19.1 Å². The van der Waals surface area contributed by atoms with Gasteiger partial charge in [0.1, 0.15) is 0 Å². The van der Waals surface area contributed by atoms with E-state index in [-0.39, 0.29) is 18.0 Å². The smallest absolute Gasteiger partial charge is 0.475 e. The van der Waals surface area contributed by atoms with Crippen LogP contribution in [0.25, 0.3) is 0 Å². The Morgan fingerprint density at radius 3 is 2.43 bits per heavy atom. The van der Waals surface area contributed by atoms with Crippen molar-refractivity contribution in [1.82, 2.24) is 19.9 Å². The summed E-state index contributed by atoms with van der Waals surface area (Å²) in [5.74, 6) is -1.81. The molecule has 0 saturated carbocycles. The van der Waals surface area contributed by atoms with Gasteiger partial charge in [0.25, 0.3) is 0 Å². The zero-order chi connectivity index (χ0) is 22.1. The second-order valence-electron chi connectivity index (χ2n) is 7.06. The second-order valence-corrected chi connectivity index (χ2v) is 8.13. The third-order valence-electron chi connectivity index (χ3n) is 4.88. The summed E-state index contributed by atoms with van der Waals surface area (Å²) >= 11 is 1.63. The van der Waals surface area contributed by atoms with Gasteiger partial charge in [0.15, 0.2) is 0 Å². The van der Waals surface area contributed by atoms with E-state index in [1.807, 2.05) is 36.5 Å². The molecule has 0 radical (unpaired) electrons. The molecule has 0 unspecified atom stereocenters. The van der Waals surface area contributed by atoms with Crippen molar-refractivity contribution in [2.45, 2.75) is 51.5 Å². The molecule has 4 rings (SSSR count). The van der Waals surface area contributed by atoms with E-state index in [0.717, 1.165) is 35.2 Å². The highest BCUT2D eigenvalue weighted by Gasteiger charge is 2.47. The van der Waals surface area contributed by atoms with Crippen molar-refractivity contribution < 1.29 is 27.9 Å². The largest absolute Gasteiger partial charge is 0.490 e. The van der Waals surface area contributed by atoms with Gasteiger partial charge in [-0.05, 0) is 25.8 Å². The van der Waals surface area contributed by atoms with Crippen LogP contribution in [0, 0.1) is 13.8 Å². The summed E-state index contributed by atoms with van der Waals surface area (Å²) in [6, 6.07) is 0.430. The summed E-state index contributed by atoms with van der Waals surface area (Å²) in [5.41, 5.74) is 2.04. The summed E-state index contributed by atoms with van der Waals surface area (Å²) in [6.45, 7) is 5.49. The molecule has 2 aliphatic heterocycles. The highest BCUT2D eigenvalue weighted by atomic mass is 32.1. The number of carboxylic acids is 1. The van der Waals surface area contributed by atoms with Crippen LogP contribution in [-0.2, 0) is 16.1 Å². The number of fused-ring (bicyclic) bond motifs is 1. The van der Waals surface area contributed by atoms with Gasteiger partial charge in [-0.2, -0.15) is 13.2 Å². The molecular formula is C18H20F3N5O3S. The number of carbonyl (C=O) groups excluding carboxylic acids is 1. The number of alkyl halides is 3. The maximum absolute atomic E-state index is 12.5. The molecule has 2 fully saturated rings. The number of aliphatic carboxylic acids is 1. The first-order valence-corrected chi connectivity index (χ1v) is 10.00. The predicted molar refractivity (Wildman–Crippen MR) is 102 cm³/mol.